The van der Waals surface area contributed by atoms with Crippen molar-refractivity contribution in [2.24, 2.45) is 0 Å². The van der Waals surface area contributed by atoms with Gasteiger partial charge in [-0.15, -0.1) is 0 Å². The van der Waals surface area contributed by atoms with E-state index in [0.29, 0.717) is 21.6 Å². The van der Waals surface area contributed by atoms with Crippen molar-refractivity contribution in [2.75, 3.05) is 10.6 Å². The molecule has 1 aromatic heterocycles. The Morgan fingerprint density at radius 2 is 1.87 bits per heavy atom. The molecule has 2 amide bonds. The van der Waals surface area contributed by atoms with Gasteiger partial charge in [0.15, 0.2) is 5.16 Å². The second-order valence-electron chi connectivity index (χ2n) is 7.21. The zero-order chi connectivity index (χ0) is 22.0. The Kier molecular flexibility index (Phi) is 6.11. The summed E-state index contributed by atoms with van der Waals surface area (Å²) in [6, 6.07) is 14.6. The summed E-state index contributed by atoms with van der Waals surface area (Å²) in [7, 11) is 0. The maximum atomic E-state index is 12.8. The first-order chi connectivity index (χ1) is 14.9. The molecule has 0 bridgehead atoms. The summed E-state index contributed by atoms with van der Waals surface area (Å²) >= 11 is 7.22. The van der Waals surface area contributed by atoms with Crippen LogP contribution < -0.4 is 16.2 Å². The van der Waals surface area contributed by atoms with Gasteiger partial charge in [-0.3, -0.25) is 14.4 Å². The van der Waals surface area contributed by atoms with E-state index in [1.807, 2.05) is 31.2 Å². The summed E-state index contributed by atoms with van der Waals surface area (Å²) in [6.45, 7) is 1.95. The fourth-order valence-corrected chi connectivity index (χ4v) is 4.18. The Labute approximate surface area is 187 Å². The molecule has 2 heterocycles. The van der Waals surface area contributed by atoms with Gasteiger partial charge < -0.3 is 15.6 Å². The Bertz CT molecular complexity index is 1190. The van der Waals surface area contributed by atoms with E-state index in [0.717, 1.165) is 11.1 Å². The summed E-state index contributed by atoms with van der Waals surface area (Å²) in [5, 5.41) is 6.40. The molecule has 0 spiro atoms. The number of aromatic amines is 1. The van der Waals surface area contributed by atoms with E-state index in [-0.39, 0.29) is 23.7 Å². The standard InChI is InChI=1S/C22H19ClN4O3S/c1-12-2-8-15(9-3-12)24-20(29)16-10-17(28)25-19-18(16)21(30)27-22(26-19)31-11-13-4-6-14(23)7-5-13/h2-9,16H,10-11H2,1H3,(H,24,29)(H2,25,26,27,28,30)/t16-/m1/s1. The first-order valence-corrected chi connectivity index (χ1v) is 10.9. The van der Waals surface area contributed by atoms with Crippen LogP contribution in [0.15, 0.2) is 58.5 Å². The number of hydrogen-bond donors (Lipinski definition) is 3. The van der Waals surface area contributed by atoms with Gasteiger partial charge in [0, 0.05) is 22.9 Å². The lowest BCUT2D eigenvalue weighted by molar-refractivity contribution is -0.123. The molecule has 0 aliphatic carbocycles. The first-order valence-electron chi connectivity index (χ1n) is 9.58. The summed E-state index contributed by atoms with van der Waals surface area (Å²) in [5.74, 6) is -1.01. The van der Waals surface area contributed by atoms with Crippen LogP contribution in [0, 0.1) is 6.92 Å². The van der Waals surface area contributed by atoms with E-state index in [1.165, 1.54) is 11.8 Å². The number of H-pyrrole nitrogens is 1. The number of hydrogen-bond acceptors (Lipinski definition) is 5. The molecule has 7 nitrogen and oxygen atoms in total. The molecule has 158 valence electrons. The molecule has 0 fully saturated rings. The number of halogens is 1. The van der Waals surface area contributed by atoms with Gasteiger partial charge in [-0.05, 0) is 36.8 Å². The summed E-state index contributed by atoms with van der Waals surface area (Å²) in [6.07, 6.45) is -0.118. The predicted octanol–water partition coefficient (Wildman–Crippen LogP) is 4.09. The number of thioether (sulfide) groups is 1. The minimum atomic E-state index is -0.920. The number of benzene rings is 2. The molecule has 0 radical (unpaired) electrons. The Morgan fingerprint density at radius 3 is 2.58 bits per heavy atom. The minimum Gasteiger partial charge on any atom is -0.326 e. The van der Waals surface area contributed by atoms with Crippen LogP contribution >= 0.6 is 23.4 Å². The lowest BCUT2D eigenvalue weighted by Gasteiger charge is -2.23. The summed E-state index contributed by atoms with van der Waals surface area (Å²) < 4.78 is 0. The fourth-order valence-electron chi connectivity index (χ4n) is 3.24. The number of rotatable bonds is 5. The molecule has 0 saturated carbocycles. The van der Waals surface area contributed by atoms with Crippen molar-refractivity contribution < 1.29 is 9.59 Å². The van der Waals surface area contributed by atoms with E-state index < -0.39 is 17.4 Å². The molecule has 1 atom stereocenters. The number of nitrogens with one attached hydrogen (secondary N) is 3. The topological polar surface area (TPSA) is 104 Å². The van der Waals surface area contributed by atoms with E-state index in [9.17, 15) is 14.4 Å². The summed E-state index contributed by atoms with van der Waals surface area (Å²) in [5.41, 5.74) is 2.40. The van der Waals surface area contributed by atoms with Crippen LogP contribution in [0.1, 0.15) is 29.0 Å². The smallest absolute Gasteiger partial charge is 0.257 e. The third kappa shape index (κ3) is 4.98. The monoisotopic (exact) mass is 454 g/mol. The van der Waals surface area contributed by atoms with Gasteiger partial charge in [-0.25, -0.2) is 4.98 Å². The molecular formula is C22H19ClN4O3S. The van der Waals surface area contributed by atoms with Crippen molar-refractivity contribution >= 4 is 46.7 Å². The van der Waals surface area contributed by atoms with Crippen molar-refractivity contribution in [1.82, 2.24) is 9.97 Å². The zero-order valence-corrected chi connectivity index (χ0v) is 18.1. The molecule has 2 aromatic carbocycles. The van der Waals surface area contributed by atoms with Crippen LogP contribution in [0.4, 0.5) is 11.5 Å². The van der Waals surface area contributed by atoms with Crippen LogP contribution in [-0.4, -0.2) is 21.8 Å². The van der Waals surface area contributed by atoms with Crippen LogP contribution in [0.5, 0.6) is 0 Å². The number of aryl methyl sites for hydroxylation is 1. The zero-order valence-electron chi connectivity index (χ0n) is 16.6. The third-order valence-electron chi connectivity index (χ3n) is 4.85. The Morgan fingerprint density at radius 1 is 1.16 bits per heavy atom. The number of fused-ring (bicyclic) bond motifs is 1. The van der Waals surface area contributed by atoms with Crippen molar-refractivity contribution in [3.63, 3.8) is 0 Å². The molecule has 0 saturated heterocycles. The van der Waals surface area contributed by atoms with Gasteiger partial charge in [0.05, 0.1) is 11.5 Å². The average molecular weight is 455 g/mol. The van der Waals surface area contributed by atoms with Crippen LogP contribution in [0.25, 0.3) is 0 Å². The van der Waals surface area contributed by atoms with E-state index >= 15 is 0 Å². The van der Waals surface area contributed by atoms with Crippen LogP contribution in [0.2, 0.25) is 5.02 Å². The average Bonchev–Trinajstić information content (AvgIpc) is 2.74. The van der Waals surface area contributed by atoms with Gasteiger partial charge in [-0.2, -0.15) is 0 Å². The van der Waals surface area contributed by atoms with Crippen molar-refractivity contribution in [3.05, 3.63) is 80.6 Å². The maximum Gasteiger partial charge on any atom is 0.257 e. The Balaban J connectivity index is 1.56. The van der Waals surface area contributed by atoms with Gasteiger partial charge in [0.1, 0.15) is 5.82 Å². The lowest BCUT2D eigenvalue weighted by Crippen LogP contribution is -2.36. The fraction of sp³-hybridized carbons (Fsp3) is 0.182. The molecule has 3 N–H and O–H groups in total. The van der Waals surface area contributed by atoms with E-state index in [2.05, 4.69) is 20.6 Å². The quantitative estimate of drug-likeness (QED) is 0.398. The highest BCUT2D eigenvalue weighted by Crippen LogP contribution is 2.31. The van der Waals surface area contributed by atoms with Gasteiger partial charge >= 0.3 is 0 Å². The van der Waals surface area contributed by atoms with E-state index in [1.54, 1.807) is 24.3 Å². The highest BCUT2D eigenvalue weighted by molar-refractivity contribution is 7.98. The van der Waals surface area contributed by atoms with Gasteiger partial charge in [0.25, 0.3) is 5.56 Å². The predicted molar refractivity (Wildman–Crippen MR) is 122 cm³/mol. The first kappa shape index (κ1) is 21.1. The Hall–Kier alpha value is -3.10. The molecule has 3 aromatic rings. The van der Waals surface area contributed by atoms with Crippen molar-refractivity contribution in [1.29, 1.82) is 0 Å². The number of carbonyl (C=O) groups excluding carboxylic acids is 2. The second kappa shape index (κ2) is 8.95. The number of carbonyl (C=O) groups is 2. The molecule has 1 aliphatic rings. The van der Waals surface area contributed by atoms with Gasteiger partial charge in [0.2, 0.25) is 11.8 Å². The lowest BCUT2D eigenvalue weighted by atomic mass is 9.92. The third-order valence-corrected chi connectivity index (χ3v) is 6.05. The molecular weight excluding hydrogens is 436 g/mol. The molecule has 4 rings (SSSR count). The van der Waals surface area contributed by atoms with Crippen LogP contribution in [-0.2, 0) is 15.3 Å². The number of nitrogens with zero attached hydrogens (tertiary/aromatic N) is 1. The second-order valence-corrected chi connectivity index (χ2v) is 8.61. The minimum absolute atomic E-state index is 0.118. The largest absolute Gasteiger partial charge is 0.326 e. The molecule has 9 heteroatoms. The van der Waals surface area contributed by atoms with Crippen molar-refractivity contribution in [2.45, 2.75) is 30.2 Å². The number of amides is 2. The highest BCUT2D eigenvalue weighted by atomic mass is 35.5. The normalized spacial score (nSPS) is 15.2. The van der Waals surface area contributed by atoms with Crippen molar-refractivity contribution in [3.8, 4) is 0 Å². The SMILES string of the molecule is Cc1ccc(NC(=O)[C@@H]2CC(=O)Nc3nc(SCc4ccc(Cl)cc4)[nH]c(=O)c32)cc1. The number of aromatic nitrogens is 2. The summed E-state index contributed by atoms with van der Waals surface area (Å²) in [4.78, 5) is 45.0. The number of anilines is 2. The van der Waals surface area contributed by atoms with Gasteiger partial charge in [-0.1, -0.05) is 53.2 Å². The highest BCUT2D eigenvalue weighted by Gasteiger charge is 2.34. The molecule has 1 aliphatic heterocycles. The van der Waals surface area contributed by atoms with E-state index in [4.69, 9.17) is 11.6 Å². The van der Waals surface area contributed by atoms with Crippen LogP contribution in [0.3, 0.4) is 0 Å². The maximum absolute atomic E-state index is 12.8. The molecule has 31 heavy (non-hydrogen) atoms. The molecule has 0 unspecified atom stereocenters.